The summed E-state index contributed by atoms with van der Waals surface area (Å²) in [5, 5.41) is 6.59. The zero-order valence-corrected chi connectivity index (χ0v) is 20.5. The van der Waals surface area contributed by atoms with Crippen LogP contribution in [0, 0.1) is 6.92 Å². The number of aromatic nitrogens is 4. The molecule has 0 radical (unpaired) electrons. The van der Waals surface area contributed by atoms with E-state index in [-0.39, 0.29) is 27.8 Å². The Bertz CT molecular complexity index is 1400. The van der Waals surface area contributed by atoms with Crippen LogP contribution in [-0.4, -0.2) is 48.3 Å². The van der Waals surface area contributed by atoms with Crippen molar-refractivity contribution < 1.29 is 27.0 Å². The molecule has 2 heterocycles. The molecule has 186 valence electrons. The van der Waals surface area contributed by atoms with Gasteiger partial charge in [0.05, 0.1) is 17.2 Å². The van der Waals surface area contributed by atoms with Crippen molar-refractivity contribution in [3.8, 4) is 5.82 Å². The van der Waals surface area contributed by atoms with Crippen LogP contribution in [-0.2, 0) is 15.9 Å². The van der Waals surface area contributed by atoms with Crippen molar-refractivity contribution >= 4 is 33.1 Å². The maximum Gasteiger partial charge on any atom is 0.416 e. The molecule has 0 fully saturated rings. The van der Waals surface area contributed by atoms with Gasteiger partial charge in [0.15, 0.2) is 11.6 Å². The summed E-state index contributed by atoms with van der Waals surface area (Å²) in [6.45, 7) is 3.18. The fourth-order valence-corrected chi connectivity index (χ4v) is 3.74. The maximum atomic E-state index is 13.1. The molecule has 0 aliphatic carbocycles. The SMILES string of the molecule is Cc1nc([C@H](C)NC(=O)c2cc(Cl)cc(C(F)(F)F)c2)n(-c2ccc(C(=O)N=S(C)(C)=O)cn2)n1. The van der Waals surface area contributed by atoms with Gasteiger partial charge >= 0.3 is 6.18 Å². The van der Waals surface area contributed by atoms with Crippen molar-refractivity contribution in [3.63, 3.8) is 0 Å². The van der Waals surface area contributed by atoms with Crippen LogP contribution in [0.1, 0.15) is 50.9 Å². The van der Waals surface area contributed by atoms with Crippen LogP contribution in [0.4, 0.5) is 13.2 Å². The molecule has 3 aromatic rings. The van der Waals surface area contributed by atoms with E-state index in [9.17, 15) is 27.0 Å². The first-order valence-electron chi connectivity index (χ1n) is 9.94. The third kappa shape index (κ3) is 6.63. The molecule has 2 amide bonds. The second-order valence-electron chi connectivity index (χ2n) is 7.83. The van der Waals surface area contributed by atoms with Crippen LogP contribution >= 0.6 is 11.6 Å². The van der Waals surface area contributed by atoms with E-state index in [2.05, 4.69) is 24.7 Å². The van der Waals surface area contributed by atoms with Crippen LogP contribution < -0.4 is 5.32 Å². The first kappa shape index (κ1) is 26.3. The summed E-state index contributed by atoms with van der Waals surface area (Å²) in [6, 6.07) is 4.66. The quantitative estimate of drug-likeness (QED) is 0.534. The predicted octanol–water partition coefficient (Wildman–Crippen LogP) is 4.00. The molecule has 0 bridgehead atoms. The second-order valence-corrected chi connectivity index (χ2v) is 10.8. The lowest BCUT2D eigenvalue weighted by atomic mass is 10.1. The lowest BCUT2D eigenvalue weighted by Gasteiger charge is -2.15. The Morgan fingerprint density at radius 1 is 1.17 bits per heavy atom. The van der Waals surface area contributed by atoms with Crippen LogP contribution in [0.15, 0.2) is 40.9 Å². The Hall–Kier alpha value is -3.32. The largest absolute Gasteiger partial charge is 0.416 e. The van der Waals surface area contributed by atoms with E-state index in [0.29, 0.717) is 11.9 Å². The number of nitrogens with one attached hydrogen (secondary N) is 1. The number of carbonyl (C=O) groups excluding carboxylic acids is 2. The van der Waals surface area contributed by atoms with E-state index in [4.69, 9.17) is 11.6 Å². The van der Waals surface area contributed by atoms with Crippen LogP contribution in [0.2, 0.25) is 5.02 Å². The minimum absolute atomic E-state index is 0.117. The molecule has 1 aromatic carbocycles. The molecule has 1 N–H and O–H groups in total. The van der Waals surface area contributed by atoms with Gasteiger partial charge < -0.3 is 5.32 Å². The lowest BCUT2D eigenvalue weighted by molar-refractivity contribution is -0.137. The molecule has 0 saturated carbocycles. The zero-order valence-electron chi connectivity index (χ0n) is 18.9. The molecule has 9 nitrogen and oxygen atoms in total. The number of pyridine rings is 1. The molecule has 1 atom stereocenters. The number of rotatable bonds is 5. The van der Waals surface area contributed by atoms with Gasteiger partial charge in [-0.3, -0.25) is 9.59 Å². The molecular formula is C21H20ClF3N6O3S. The second kappa shape index (κ2) is 9.74. The number of halogens is 4. The number of benzene rings is 1. The van der Waals surface area contributed by atoms with Gasteiger partial charge in [0.2, 0.25) is 0 Å². The van der Waals surface area contributed by atoms with Crippen molar-refractivity contribution in [2.45, 2.75) is 26.1 Å². The predicted molar refractivity (Wildman–Crippen MR) is 123 cm³/mol. The normalized spacial score (nSPS) is 12.8. The van der Waals surface area contributed by atoms with E-state index in [0.717, 1.165) is 12.1 Å². The maximum absolute atomic E-state index is 13.1. The van der Waals surface area contributed by atoms with Crippen LogP contribution in [0.5, 0.6) is 0 Å². The number of alkyl halides is 3. The topological polar surface area (TPSA) is 119 Å². The Morgan fingerprint density at radius 2 is 1.86 bits per heavy atom. The number of carbonyl (C=O) groups is 2. The smallest absolute Gasteiger partial charge is 0.342 e. The zero-order chi connectivity index (χ0) is 26.1. The first-order valence-corrected chi connectivity index (χ1v) is 12.6. The molecule has 0 spiro atoms. The number of nitrogens with zero attached hydrogens (tertiary/aromatic N) is 5. The van der Waals surface area contributed by atoms with Crippen molar-refractivity contribution in [1.82, 2.24) is 25.1 Å². The summed E-state index contributed by atoms with van der Waals surface area (Å²) >= 11 is 5.77. The Morgan fingerprint density at radius 3 is 2.43 bits per heavy atom. The average molecular weight is 529 g/mol. The van der Waals surface area contributed by atoms with Crippen molar-refractivity contribution in [1.29, 1.82) is 0 Å². The van der Waals surface area contributed by atoms with Crippen molar-refractivity contribution in [2.24, 2.45) is 4.36 Å². The minimum atomic E-state index is -4.67. The number of hydrogen-bond donors (Lipinski definition) is 1. The van der Waals surface area contributed by atoms with Crippen molar-refractivity contribution in [2.75, 3.05) is 12.5 Å². The fourth-order valence-electron chi connectivity index (χ4n) is 3.00. The van der Waals surface area contributed by atoms with Gasteiger partial charge in [-0.2, -0.15) is 22.2 Å². The molecule has 14 heteroatoms. The highest BCUT2D eigenvalue weighted by molar-refractivity contribution is 7.92. The van der Waals surface area contributed by atoms with E-state index in [1.165, 1.54) is 35.5 Å². The van der Waals surface area contributed by atoms with E-state index in [1.807, 2.05) is 0 Å². The summed E-state index contributed by atoms with van der Waals surface area (Å²) in [5.41, 5.74) is -1.20. The van der Waals surface area contributed by atoms with Crippen LogP contribution in [0.3, 0.4) is 0 Å². The Kier molecular flexibility index (Phi) is 7.31. The van der Waals surface area contributed by atoms with E-state index in [1.54, 1.807) is 13.8 Å². The Balaban J connectivity index is 1.87. The van der Waals surface area contributed by atoms with Gasteiger partial charge in [-0.05, 0) is 44.2 Å². The highest BCUT2D eigenvalue weighted by atomic mass is 35.5. The third-order valence-corrected chi connectivity index (χ3v) is 5.30. The van der Waals surface area contributed by atoms with Gasteiger partial charge in [-0.15, -0.1) is 5.10 Å². The molecule has 0 aliphatic heterocycles. The summed E-state index contributed by atoms with van der Waals surface area (Å²) < 4.78 is 55.9. The summed E-state index contributed by atoms with van der Waals surface area (Å²) in [7, 11) is -2.64. The standard InChI is InChI=1S/C21H20ClF3N6O3S/c1-11(27-19(32)14-7-15(21(23,24)25)9-16(22)8-14)18-28-12(2)29-31(18)17-6-5-13(10-26-17)20(33)30-35(3,4)34/h5-11H,1-4H3,(H,27,32)/t11-/m0/s1. The van der Waals surface area contributed by atoms with E-state index < -0.39 is 39.3 Å². The van der Waals surface area contributed by atoms with Gasteiger partial charge in [0, 0.05) is 39.0 Å². The first-order chi connectivity index (χ1) is 16.1. The summed E-state index contributed by atoms with van der Waals surface area (Å²) in [6.07, 6.45) is -0.762. The average Bonchev–Trinajstić information content (AvgIpc) is 3.13. The van der Waals surface area contributed by atoms with Gasteiger partial charge in [0.25, 0.3) is 11.8 Å². The highest BCUT2D eigenvalue weighted by Gasteiger charge is 2.32. The molecule has 0 aliphatic rings. The lowest BCUT2D eigenvalue weighted by Crippen LogP contribution is -2.29. The van der Waals surface area contributed by atoms with Gasteiger partial charge in [-0.25, -0.2) is 14.2 Å². The highest BCUT2D eigenvalue weighted by Crippen LogP contribution is 2.32. The molecule has 3 rings (SSSR count). The Labute approximate surface area is 203 Å². The monoisotopic (exact) mass is 528 g/mol. The molecule has 2 aromatic heterocycles. The fraction of sp³-hybridized carbons (Fsp3) is 0.286. The van der Waals surface area contributed by atoms with Crippen molar-refractivity contribution in [3.05, 3.63) is 69.9 Å². The molecule has 0 unspecified atom stereocenters. The molecular weight excluding hydrogens is 509 g/mol. The third-order valence-electron chi connectivity index (χ3n) is 4.47. The molecule has 35 heavy (non-hydrogen) atoms. The number of aryl methyl sites for hydroxylation is 1. The number of amides is 2. The van der Waals surface area contributed by atoms with Gasteiger partial charge in [-0.1, -0.05) is 11.6 Å². The number of hydrogen-bond acceptors (Lipinski definition) is 6. The summed E-state index contributed by atoms with van der Waals surface area (Å²) in [5.74, 6) is -0.633. The molecule has 0 saturated heterocycles. The minimum Gasteiger partial charge on any atom is -0.342 e. The van der Waals surface area contributed by atoms with Gasteiger partial charge in [0.1, 0.15) is 5.82 Å². The summed E-state index contributed by atoms with van der Waals surface area (Å²) in [4.78, 5) is 33.2. The van der Waals surface area contributed by atoms with E-state index >= 15 is 0 Å². The van der Waals surface area contributed by atoms with Crippen LogP contribution in [0.25, 0.3) is 5.82 Å².